The van der Waals surface area contributed by atoms with Crippen molar-refractivity contribution in [2.75, 3.05) is 5.73 Å². The second-order valence-electron chi connectivity index (χ2n) is 11.0. The summed E-state index contributed by atoms with van der Waals surface area (Å²) in [4.78, 5) is 47.2. The smallest absolute Gasteiger partial charge is 0.309 e. The SMILES string of the molecule is CC(C)(Cc1cc2cc(C(=O)C(C)(C)C(OCc3ccnc(N)n3)C(=O)c3ccc(Cl)cc3)ccn2c1)C(=O)O. The molecule has 40 heavy (non-hydrogen) atoms. The average molecular weight is 563 g/mol. The molecule has 10 heteroatoms. The van der Waals surface area contributed by atoms with E-state index in [1.807, 2.05) is 16.7 Å². The van der Waals surface area contributed by atoms with Crippen LogP contribution < -0.4 is 5.73 Å². The molecule has 0 saturated carbocycles. The lowest BCUT2D eigenvalue weighted by Crippen LogP contribution is -2.44. The molecule has 3 aromatic heterocycles. The zero-order valence-corrected chi connectivity index (χ0v) is 23.5. The zero-order chi connectivity index (χ0) is 29.2. The van der Waals surface area contributed by atoms with Gasteiger partial charge in [0, 0.05) is 40.3 Å². The largest absolute Gasteiger partial charge is 0.481 e. The summed E-state index contributed by atoms with van der Waals surface area (Å²) in [6.45, 7) is 6.62. The molecule has 0 amide bonds. The van der Waals surface area contributed by atoms with E-state index in [1.54, 1.807) is 76.4 Å². The number of anilines is 1. The number of aliphatic carboxylic acids is 1. The number of nitrogens with zero attached hydrogens (tertiary/aromatic N) is 3. The van der Waals surface area contributed by atoms with E-state index in [9.17, 15) is 19.5 Å². The molecule has 208 valence electrons. The van der Waals surface area contributed by atoms with Gasteiger partial charge in [0.1, 0.15) is 6.10 Å². The molecule has 0 spiro atoms. The Morgan fingerprint density at radius 2 is 1.75 bits per heavy atom. The molecule has 4 aromatic rings. The Labute approximate surface area is 237 Å². The first-order valence-corrected chi connectivity index (χ1v) is 13.0. The van der Waals surface area contributed by atoms with Gasteiger partial charge in [-0.25, -0.2) is 9.97 Å². The van der Waals surface area contributed by atoms with Gasteiger partial charge in [-0.05, 0) is 88.2 Å². The third kappa shape index (κ3) is 6.21. The fraction of sp³-hybridized carbons (Fsp3) is 0.300. The maximum atomic E-state index is 13.9. The standard InChI is InChI=1S/C30H31ClN4O5/c1-29(2,27(38)39)15-18-13-23-14-20(10-12-35(23)16-18)25(37)30(3,4)26(24(36)19-5-7-21(31)8-6-19)40-17-22-9-11-33-28(32)34-22/h5-14,16,26H,15,17H2,1-4H3,(H,38,39)(H2,32,33,34). The lowest BCUT2D eigenvalue weighted by Gasteiger charge is -2.32. The van der Waals surface area contributed by atoms with Crippen LogP contribution in [0.1, 0.15) is 59.7 Å². The highest BCUT2D eigenvalue weighted by atomic mass is 35.5. The van der Waals surface area contributed by atoms with Crippen LogP contribution in [0.25, 0.3) is 5.52 Å². The summed E-state index contributed by atoms with van der Waals surface area (Å²) in [5.41, 5.74) is 6.25. The highest BCUT2D eigenvalue weighted by molar-refractivity contribution is 6.30. The van der Waals surface area contributed by atoms with E-state index >= 15 is 0 Å². The lowest BCUT2D eigenvalue weighted by molar-refractivity contribution is -0.146. The van der Waals surface area contributed by atoms with Crippen LogP contribution in [-0.2, 0) is 22.6 Å². The summed E-state index contributed by atoms with van der Waals surface area (Å²) in [5.74, 6) is -1.48. The third-order valence-electron chi connectivity index (χ3n) is 6.88. The molecule has 1 aromatic carbocycles. The van der Waals surface area contributed by atoms with Crippen molar-refractivity contribution in [1.29, 1.82) is 0 Å². The summed E-state index contributed by atoms with van der Waals surface area (Å²) < 4.78 is 7.93. The van der Waals surface area contributed by atoms with Crippen LogP contribution in [0, 0.1) is 10.8 Å². The van der Waals surface area contributed by atoms with Gasteiger partial charge in [0.15, 0.2) is 11.6 Å². The molecule has 1 atom stereocenters. The van der Waals surface area contributed by atoms with Crippen molar-refractivity contribution in [3.8, 4) is 0 Å². The first kappa shape index (κ1) is 28.9. The number of nitrogens with two attached hydrogens (primary N) is 1. The minimum atomic E-state index is -1.28. The molecule has 0 aliphatic rings. The minimum Gasteiger partial charge on any atom is -0.481 e. The summed E-state index contributed by atoms with van der Waals surface area (Å²) >= 11 is 6.02. The molecule has 4 rings (SSSR count). The van der Waals surface area contributed by atoms with Gasteiger partial charge in [-0.15, -0.1) is 0 Å². The number of nitrogen functional groups attached to an aromatic ring is 1. The number of rotatable bonds is 11. The van der Waals surface area contributed by atoms with E-state index in [2.05, 4.69) is 9.97 Å². The number of ether oxygens (including phenoxy) is 1. The van der Waals surface area contributed by atoms with Gasteiger partial charge in [0.05, 0.1) is 23.1 Å². The van der Waals surface area contributed by atoms with Crippen LogP contribution >= 0.6 is 11.6 Å². The number of pyridine rings is 1. The van der Waals surface area contributed by atoms with Crippen LogP contribution in [0.15, 0.2) is 67.1 Å². The number of carbonyl (C=O) groups is 3. The maximum Gasteiger partial charge on any atom is 0.309 e. The van der Waals surface area contributed by atoms with Crippen LogP contribution in [0.3, 0.4) is 0 Å². The van der Waals surface area contributed by atoms with Gasteiger partial charge in [-0.3, -0.25) is 14.4 Å². The number of carbonyl (C=O) groups excluding carboxylic acids is 2. The van der Waals surface area contributed by atoms with E-state index in [0.717, 1.165) is 11.1 Å². The van der Waals surface area contributed by atoms with Crippen molar-refractivity contribution in [2.24, 2.45) is 10.8 Å². The Bertz CT molecular complexity index is 1580. The number of carboxylic acid groups (broad SMARTS) is 1. The first-order valence-electron chi connectivity index (χ1n) is 12.7. The van der Waals surface area contributed by atoms with Gasteiger partial charge >= 0.3 is 5.97 Å². The third-order valence-corrected chi connectivity index (χ3v) is 7.13. The Morgan fingerprint density at radius 1 is 1.05 bits per heavy atom. The molecule has 9 nitrogen and oxygen atoms in total. The lowest BCUT2D eigenvalue weighted by atomic mass is 9.76. The van der Waals surface area contributed by atoms with Crippen molar-refractivity contribution in [1.82, 2.24) is 14.4 Å². The van der Waals surface area contributed by atoms with E-state index in [1.165, 1.54) is 6.20 Å². The number of fused-ring (bicyclic) bond motifs is 1. The second kappa shape index (κ2) is 11.2. The molecule has 0 aliphatic carbocycles. The van der Waals surface area contributed by atoms with Crippen LogP contribution in [0.2, 0.25) is 5.02 Å². The molecular weight excluding hydrogens is 532 g/mol. The number of hydrogen-bond acceptors (Lipinski definition) is 7. The molecule has 0 radical (unpaired) electrons. The first-order chi connectivity index (χ1) is 18.8. The Kier molecular flexibility index (Phi) is 8.09. The number of aromatic nitrogens is 3. The van der Waals surface area contributed by atoms with Gasteiger partial charge in [-0.2, -0.15) is 0 Å². The molecule has 0 bridgehead atoms. The normalized spacial score (nSPS) is 12.8. The molecule has 1 unspecified atom stereocenters. The van der Waals surface area contributed by atoms with Gasteiger partial charge in [0.2, 0.25) is 5.95 Å². The summed E-state index contributed by atoms with van der Waals surface area (Å²) in [6.07, 6.45) is 4.26. The van der Waals surface area contributed by atoms with Crippen molar-refractivity contribution < 1.29 is 24.2 Å². The monoisotopic (exact) mass is 562 g/mol. The molecule has 0 saturated heterocycles. The predicted molar refractivity (Wildman–Crippen MR) is 151 cm³/mol. The second-order valence-corrected chi connectivity index (χ2v) is 11.4. The highest BCUT2D eigenvalue weighted by Gasteiger charge is 2.43. The number of hydrogen-bond donors (Lipinski definition) is 2. The van der Waals surface area contributed by atoms with E-state index in [0.29, 0.717) is 28.3 Å². The van der Waals surface area contributed by atoms with Gasteiger partial charge < -0.3 is 20.0 Å². The van der Waals surface area contributed by atoms with Crippen molar-refractivity contribution in [3.63, 3.8) is 0 Å². The number of Topliss-reactive ketones (excluding diaryl/α,β-unsaturated/α-hetero) is 2. The molecule has 3 heterocycles. The minimum absolute atomic E-state index is 0.0616. The van der Waals surface area contributed by atoms with Crippen LogP contribution in [0.4, 0.5) is 5.95 Å². The fourth-order valence-corrected chi connectivity index (χ4v) is 4.65. The van der Waals surface area contributed by atoms with E-state index in [4.69, 9.17) is 22.1 Å². The van der Waals surface area contributed by atoms with Crippen molar-refractivity contribution in [3.05, 3.63) is 94.5 Å². The number of benzene rings is 1. The van der Waals surface area contributed by atoms with E-state index < -0.39 is 22.9 Å². The molecule has 3 N–H and O–H groups in total. The quantitative estimate of drug-likeness (QED) is 0.235. The van der Waals surface area contributed by atoms with E-state index in [-0.39, 0.29) is 24.1 Å². The molecule has 0 fully saturated rings. The average Bonchev–Trinajstić information content (AvgIpc) is 3.29. The van der Waals surface area contributed by atoms with Crippen LogP contribution in [-0.4, -0.2) is 43.1 Å². The van der Waals surface area contributed by atoms with Crippen LogP contribution in [0.5, 0.6) is 0 Å². The van der Waals surface area contributed by atoms with Gasteiger partial charge in [-0.1, -0.05) is 11.6 Å². The molecular formula is C30H31ClN4O5. The number of ketones is 2. The molecule has 0 aliphatic heterocycles. The van der Waals surface area contributed by atoms with Crippen molar-refractivity contribution in [2.45, 2.75) is 46.8 Å². The Hall–Kier alpha value is -4.08. The maximum absolute atomic E-state index is 13.9. The van der Waals surface area contributed by atoms with Crippen molar-refractivity contribution >= 4 is 40.6 Å². The predicted octanol–water partition coefficient (Wildman–Crippen LogP) is 5.30. The topological polar surface area (TPSA) is 137 Å². The number of halogens is 1. The Morgan fingerprint density at radius 3 is 2.40 bits per heavy atom. The summed E-state index contributed by atoms with van der Waals surface area (Å²) in [7, 11) is 0. The number of carboxylic acids is 1. The van der Waals surface area contributed by atoms with Gasteiger partial charge in [0.25, 0.3) is 0 Å². The fourth-order valence-electron chi connectivity index (χ4n) is 4.52. The summed E-state index contributed by atoms with van der Waals surface area (Å²) in [5, 5.41) is 9.98. The highest BCUT2D eigenvalue weighted by Crippen LogP contribution is 2.33. The zero-order valence-electron chi connectivity index (χ0n) is 22.7. The Balaban J connectivity index is 1.66. The summed E-state index contributed by atoms with van der Waals surface area (Å²) in [6, 6.07) is 13.3.